The standard InChI is InChI=1S/C15H12FNO2/c1-18-14-5-9-8-17-13-6-10(16)3-4-11(13)12(9)7-15(14)19-2/h3-8H,1-2H3. The van der Waals surface area contributed by atoms with Crippen LogP contribution in [0.4, 0.5) is 4.39 Å². The van der Waals surface area contributed by atoms with Gasteiger partial charge in [0.05, 0.1) is 19.7 Å². The van der Waals surface area contributed by atoms with Gasteiger partial charge in [0.25, 0.3) is 0 Å². The van der Waals surface area contributed by atoms with Gasteiger partial charge in [-0.3, -0.25) is 4.98 Å². The molecular formula is C15H12FNO2. The van der Waals surface area contributed by atoms with Crippen LogP contribution in [0.1, 0.15) is 0 Å². The topological polar surface area (TPSA) is 31.4 Å². The SMILES string of the molecule is COc1cc2cnc3cc(F)ccc3c2cc1OC. The minimum Gasteiger partial charge on any atom is -0.493 e. The fraction of sp³-hybridized carbons (Fsp3) is 0.133. The Labute approximate surface area is 109 Å². The maximum Gasteiger partial charge on any atom is 0.161 e. The van der Waals surface area contributed by atoms with Crippen molar-refractivity contribution in [3.05, 3.63) is 42.3 Å². The molecule has 0 radical (unpaired) electrons. The second kappa shape index (κ2) is 4.39. The summed E-state index contributed by atoms with van der Waals surface area (Å²) in [4.78, 5) is 4.26. The van der Waals surface area contributed by atoms with E-state index in [1.807, 2.05) is 12.1 Å². The fourth-order valence-corrected chi connectivity index (χ4v) is 2.21. The largest absolute Gasteiger partial charge is 0.493 e. The third kappa shape index (κ3) is 1.85. The van der Waals surface area contributed by atoms with Crippen LogP contribution in [-0.2, 0) is 0 Å². The number of nitrogens with zero attached hydrogens (tertiary/aromatic N) is 1. The van der Waals surface area contributed by atoms with Crippen LogP contribution in [0.15, 0.2) is 36.5 Å². The molecule has 4 heteroatoms. The Balaban J connectivity index is 2.41. The number of pyridine rings is 1. The summed E-state index contributed by atoms with van der Waals surface area (Å²) in [7, 11) is 3.18. The van der Waals surface area contributed by atoms with Crippen LogP contribution in [-0.4, -0.2) is 19.2 Å². The molecule has 0 aliphatic carbocycles. The maximum atomic E-state index is 13.2. The minimum atomic E-state index is -0.292. The highest BCUT2D eigenvalue weighted by atomic mass is 19.1. The average Bonchev–Trinajstić information content (AvgIpc) is 2.45. The Morgan fingerprint density at radius 3 is 2.42 bits per heavy atom. The molecule has 3 aromatic rings. The molecule has 96 valence electrons. The van der Waals surface area contributed by atoms with Crippen molar-refractivity contribution in [2.75, 3.05) is 14.2 Å². The van der Waals surface area contributed by atoms with Gasteiger partial charge >= 0.3 is 0 Å². The lowest BCUT2D eigenvalue weighted by molar-refractivity contribution is 0.356. The first-order valence-corrected chi connectivity index (χ1v) is 5.83. The quantitative estimate of drug-likeness (QED) is 0.658. The molecule has 3 nitrogen and oxygen atoms in total. The van der Waals surface area contributed by atoms with Crippen LogP contribution in [0.2, 0.25) is 0 Å². The molecule has 1 aromatic heterocycles. The number of rotatable bonds is 2. The van der Waals surface area contributed by atoms with E-state index < -0.39 is 0 Å². The van der Waals surface area contributed by atoms with Crippen LogP contribution >= 0.6 is 0 Å². The predicted molar refractivity (Wildman–Crippen MR) is 72.3 cm³/mol. The van der Waals surface area contributed by atoms with E-state index in [-0.39, 0.29) is 5.82 Å². The van der Waals surface area contributed by atoms with Crippen LogP contribution in [0.25, 0.3) is 21.7 Å². The van der Waals surface area contributed by atoms with Gasteiger partial charge in [0, 0.05) is 23.0 Å². The van der Waals surface area contributed by atoms with E-state index in [2.05, 4.69) is 4.98 Å². The molecule has 0 atom stereocenters. The third-order valence-corrected chi connectivity index (χ3v) is 3.15. The fourth-order valence-electron chi connectivity index (χ4n) is 2.21. The molecule has 3 rings (SSSR count). The van der Waals surface area contributed by atoms with E-state index in [1.54, 1.807) is 26.5 Å². The zero-order chi connectivity index (χ0) is 13.4. The molecule has 0 bridgehead atoms. The number of fused-ring (bicyclic) bond motifs is 3. The summed E-state index contributed by atoms with van der Waals surface area (Å²) in [5.74, 6) is 1.00. The van der Waals surface area contributed by atoms with Crippen molar-refractivity contribution in [3.8, 4) is 11.5 Å². The van der Waals surface area contributed by atoms with E-state index in [0.29, 0.717) is 17.0 Å². The number of ether oxygens (including phenoxy) is 2. The summed E-state index contributed by atoms with van der Waals surface area (Å²) in [5, 5.41) is 2.78. The van der Waals surface area contributed by atoms with Gasteiger partial charge in [0.2, 0.25) is 0 Å². The Kier molecular flexibility index (Phi) is 2.71. The Hall–Kier alpha value is -2.36. The van der Waals surface area contributed by atoms with Gasteiger partial charge in [-0.25, -0.2) is 4.39 Å². The predicted octanol–water partition coefficient (Wildman–Crippen LogP) is 3.54. The molecule has 1 heterocycles. The smallest absolute Gasteiger partial charge is 0.161 e. The first-order valence-electron chi connectivity index (χ1n) is 5.83. The number of aromatic nitrogens is 1. The van der Waals surface area contributed by atoms with Gasteiger partial charge in [-0.15, -0.1) is 0 Å². The average molecular weight is 257 g/mol. The highest BCUT2D eigenvalue weighted by molar-refractivity contribution is 6.06. The molecular weight excluding hydrogens is 245 g/mol. The first-order chi connectivity index (χ1) is 9.22. The summed E-state index contributed by atoms with van der Waals surface area (Å²) < 4.78 is 23.8. The van der Waals surface area contributed by atoms with Crippen molar-refractivity contribution in [1.29, 1.82) is 0 Å². The lowest BCUT2D eigenvalue weighted by atomic mass is 10.1. The summed E-state index contributed by atoms with van der Waals surface area (Å²) in [6, 6.07) is 8.33. The Bertz CT molecular complexity index is 771. The van der Waals surface area contributed by atoms with Gasteiger partial charge in [-0.05, 0) is 29.7 Å². The zero-order valence-electron chi connectivity index (χ0n) is 10.6. The highest BCUT2D eigenvalue weighted by Gasteiger charge is 2.09. The van der Waals surface area contributed by atoms with Crippen molar-refractivity contribution >= 4 is 21.7 Å². The number of benzene rings is 2. The molecule has 0 amide bonds. The second-order valence-electron chi connectivity index (χ2n) is 4.21. The number of hydrogen-bond donors (Lipinski definition) is 0. The van der Waals surface area contributed by atoms with E-state index in [0.717, 1.165) is 16.2 Å². The summed E-state index contributed by atoms with van der Waals surface area (Å²) in [6.07, 6.45) is 1.71. The molecule has 0 unspecified atom stereocenters. The number of halogens is 1. The van der Waals surface area contributed by atoms with Crippen LogP contribution in [0.3, 0.4) is 0 Å². The Morgan fingerprint density at radius 2 is 1.68 bits per heavy atom. The lowest BCUT2D eigenvalue weighted by Gasteiger charge is -2.10. The van der Waals surface area contributed by atoms with Gasteiger partial charge < -0.3 is 9.47 Å². The van der Waals surface area contributed by atoms with Gasteiger partial charge in [0.1, 0.15) is 5.82 Å². The molecule has 0 saturated heterocycles. The van der Waals surface area contributed by atoms with E-state index in [9.17, 15) is 4.39 Å². The molecule has 0 aliphatic rings. The van der Waals surface area contributed by atoms with Gasteiger partial charge in [-0.1, -0.05) is 0 Å². The maximum absolute atomic E-state index is 13.2. The molecule has 0 saturated carbocycles. The van der Waals surface area contributed by atoms with Crippen molar-refractivity contribution in [1.82, 2.24) is 4.98 Å². The molecule has 0 aliphatic heterocycles. The van der Waals surface area contributed by atoms with Crippen molar-refractivity contribution < 1.29 is 13.9 Å². The van der Waals surface area contributed by atoms with Crippen molar-refractivity contribution in [2.24, 2.45) is 0 Å². The van der Waals surface area contributed by atoms with Crippen LogP contribution in [0, 0.1) is 5.82 Å². The van der Waals surface area contributed by atoms with Crippen LogP contribution < -0.4 is 9.47 Å². The number of methoxy groups -OCH3 is 2. The highest BCUT2D eigenvalue weighted by Crippen LogP contribution is 2.34. The second-order valence-corrected chi connectivity index (χ2v) is 4.21. The summed E-state index contributed by atoms with van der Waals surface area (Å²) in [6.45, 7) is 0. The Morgan fingerprint density at radius 1 is 0.947 bits per heavy atom. The first kappa shape index (κ1) is 11.7. The van der Waals surface area contributed by atoms with E-state index in [4.69, 9.17) is 9.47 Å². The van der Waals surface area contributed by atoms with Gasteiger partial charge in [-0.2, -0.15) is 0 Å². The third-order valence-electron chi connectivity index (χ3n) is 3.15. The normalized spacial score (nSPS) is 10.9. The lowest BCUT2D eigenvalue weighted by Crippen LogP contribution is -1.91. The van der Waals surface area contributed by atoms with E-state index >= 15 is 0 Å². The molecule has 0 spiro atoms. The monoisotopic (exact) mass is 257 g/mol. The van der Waals surface area contributed by atoms with Crippen LogP contribution in [0.5, 0.6) is 11.5 Å². The molecule has 19 heavy (non-hydrogen) atoms. The summed E-state index contributed by atoms with van der Waals surface area (Å²) >= 11 is 0. The molecule has 0 fully saturated rings. The molecule has 0 N–H and O–H groups in total. The van der Waals surface area contributed by atoms with Crippen molar-refractivity contribution in [3.63, 3.8) is 0 Å². The number of hydrogen-bond acceptors (Lipinski definition) is 3. The summed E-state index contributed by atoms with van der Waals surface area (Å²) in [5.41, 5.74) is 0.625. The van der Waals surface area contributed by atoms with E-state index in [1.165, 1.54) is 12.1 Å². The van der Waals surface area contributed by atoms with Gasteiger partial charge in [0.15, 0.2) is 11.5 Å². The zero-order valence-corrected chi connectivity index (χ0v) is 10.6. The molecule has 2 aromatic carbocycles. The van der Waals surface area contributed by atoms with Crippen molar-refractivity contribution in [2.45, 2.75) is 0 Å². The minimum absolute atomic E-state index is 0.292.